The molecular weight excluding hydrogens is 1140 g/mol. The van der Waals surface area contributed by atoms with Gasteiger partial charge in [0.05, 0.1) is 33.8 Å². The van der Waals surface area contributed by atoms with Gasteiger partial charge >= 0.3 is 6.09 Å². The van der Waals surface area contributed by atoms with Crippen molar-refractivity contribution in [2.45, 2.75) is 115 Å². The van der Waals surface area contributed by atoms with E-state index >= 15 is 0 Å². The molecule has 7 N–H and O–H groups in total. The molecule has 2 aliphatic carbocycles. The molecule has 10 rings (SSSR count). The van der Waals surface area contributed by atoms with Crippen LogP contribution in [0.3, 0.4) is 0 Å². The van der Waals surface area contributed by atoms with Crippen LogP contribution < -0.4 is 26.6 Å². The first-order valence-electron chi connectivity index (χ1n) is 29.8. The number of halogens is 2. The van der Waals surface area contributed by atoms with Gasteiger partial charge in [-0.3, -0.25) is 9.59 Å². The molecule has 2 fully saturated rings. The van der Waals surface area contributed by atoms with Gasteiger partial charge in [-0.05, 0) is 148 Å². The van der Waals surface area contributed by atoms with Crippen molar-refractivity contribution < 1.29 is 19.1 Å². The van der Waals surface area contributed by atoms with Crippen molar-refractivity contribution in [3.8, 4) is 22.5 Å². The van der Waals surface area contributed by atoms with E-state index in [0.717, 1.165) is 108 Å². The zero-order chi connectivity index (χ0) is 61.5. The van der Waals surface area contributed by atoms with Gasteiger partial charge in [0.1, 0.15) is 5.60 Å². The number of ether oxygens (including phenoxy) is 1. The molecule has 4 atom stereocenters. The van der Waals surface area contributed by atoms with E-state index in [9.17, 15) is 14.4 Å². The fourth-order valence-corrected chi connectivity index (χ4v) is 11.3. The number of carbonyl (C=O) groups excluding carboxylic acids is 3. The Kier molecular flexibility index (Phi) is 21.8. The average molecular weight is 1220 g/mol. The lowest BCUT2D eigenvalue weighted by atomic mass is 9.90. The summed E-state index contributed by atoms with van der Waals surface area (Å²) in [6.45, 7) is 8.20. The monoisotopic (exact) mass is 1210 g/mol. The second-order valence-electron chi connectivity index (χ2n) is 23.8. The van der Waals surface area contributed by atoms with Crippen LogP contribution in [-0.4, -0.2) is 134 Å². The van der Waals surface area contributed by atoms with E-state index in [1.807, 2.05) is 167 Å². The fraction of sp³-hybridized carbons (Fsp3) is 0.358. The van der Waals surface area contributed by atoms with E-state index < -0.39 is 5.60 Å². The van der Waals surface area contributed by atoms with Crippen molar-refractivity contribution in [2.24, 2.45) is 0 Å². The maximum absolute atomic E-state index is 13.6. The largest absolute Gasteiger partial charge is 0.444 e. The van der Waals surface area contributed by atoms with Gasteiger partial charge in [0.15, 0.2) is 0 Å². The van der Waals surface area contributed by atoms with Crippen LogP contribution in [0.15, 0.2) is 146 Å². The van der Waals surface area contributed by atoms with Crippen LogP contribution in [0, 0.1) is 0 Å². The Hall–Kier alpha value is -8.13. The highest BCUT2D eigenvalue weighted by Gasteiger charge is 2.33. The van der Waals surface area contributed by atoms with Crippen molar-refractivity contribution in [1.82, 2.24) is 49.9 Å². The zero-order valence-corrected chi connectivity index (χ0v) is 52.2. The number of para-hydroxylation sites is 2. The molecule has 3 amide bonds. The highest BCUT2D eigenvalue weighted by molar-refractivity contribution is 6.33. The summed E-state index contributed by atoms with van der Waals surface area (Å²) in [6, 6.07) is 32.4. The van der Waals surface area contributed by atoms with Gasteiger partial charge in [0.2, 0.25) is 23.7 Å². The third kappa shape index (κ3) is 18.4. The molecule has 18 nitrogen and oxygen atoms in total. The molecule has 4 aromatic heterocycles. The lowest BCUT2D eigenvalue weighted by molar-refractivity contribution is -0.112. The number of hydrogen-bond donors (Lipinski definition) is 7. The van der Waals surface area contributed by atoms with Gasteiger partial charge in [-0.15, -0.1) is 0 Å². The molecule has 0 radical (unpaired) electrons. The highest BCUT2D eigenvalue weighted by atomic mass is 35.5. The Morgan fingerprint density at radius 2 is 1.09 bits per heavy atom. The molecule has 0 saturated heterocycles. The quantitative estimate of drug-likeness (QED) is 0.0354. The van der Waals surface area contributed by atoms with E-state index in [-0.39, 0.29) is 36.0 Å². The fourth-order valence-electron chi connectivity index (χ4n) is 10.9. The second kappa shape index (κ2) is 30.0. The number of anilines is 4. The first kappa shape index (κ1) is 63.4. The number of H-pyrrole nitrogens is 2. The maximum atomic E-state index is 13.6. The number of fused-ring (bicyclic) bond motifs is 2. The number of aromatic nitrogens is 6. The van der Waals surface area contributed by atoms with Crippen LogP contribution in [0.4, 0.5) is 28.1 Å². The van der Waals surface area contributed by atoms with Crippen LogP contribution in [0.2, 0.25) is 10.0 Å². The molecule has 0 aliphatic heterocycles. The molecule has 2 aliphatic rings. The molecule has 4 heterocycles. The molecule has 0 unspecified atom stereocenters. The number of nitrogens with zero attached hydrogens (tertiary/aromatic N) is 7. The van der Waals surface area contributed by atoms with Crippen LogP contribution in [0.25, 0.3) is 44.3 Å². The Morgan fingerprint density at radius 3 is 1.60 bits per heavy atom. The van der Waals surface area contributed by atoms with Gasteiger partial charge in [-0.2, -0.15) is 0 Å². The number of rotatable bonds is 20. The molecule has 456 valence electrons. The van der Waals surface area contributed by atoms with Crippen LogP contribution in [-0.2, 0) is 27.4 Å². The van der Waals surface area contributed by atoms with Crippen LogP contribution >= 0.6 is 23.2 Å². The number of hydrogen-bond acceptors (Lipinski definition) is 13. The first-order chi connectivity index (χ1) is 41.9. The summed E-state index contributed by atoms with van der Waals surface area (Å²) in [5.41, 5.74) is 8.31. The highest BCUT2D eigenvalue weighted by Crippen LogP contribution is 2.35. The van der Waals surface area contributed by atoms with Crippen LogP contribution in [0.1, 0.15) is 83.3 Å². The molecule has 20 heteroatoms. The minimum Gasteiger partial charge on any atom is -0.444 e. The smallest absolute Gasteiger partial charge is 0.410 e. The first-order valence-corrected chi connectivity index (χ1v) is 30.5. The summed E-state index contributed by atoms with van der Waals surface area (Å²) >= 11 is 13.1. The predicted molar refractivity (Wildman–Crippen MR) is 352 cm³/mol. The van der Waals surface area contributed by atoms with Crippen molar-refractivity contribution in [1.29, 1.82) is 0 Å². The lowest BCUT2D eigenvalue weighted by Gasteiger charge is -2.38. The molecular formula is C67H80Cl2N14O4. The predicted octanol–water partition coefficient (Wildman–Crippen LogP) is 13.3. The minimum atomic E-state index is -0.633. The number of aromatic amines is 2. The summed E-state index contributed by atoms with van der Waals surface area (Å²) in [5, 5.41) is 19.7. The summed E-state index contributed by atoms with van der Waals surface area (Å²) in [7, 11) is 7.83. The number of benzene rings is 4. The Labute approximate surface area is 520 Å². The topological polar surface area (TPSA) is 213 Å². The minimum absolute atomic E-state index is 0.0498. The van der Waals surface area contributed by atoms with E-state index in [0.29, 0.717) is 58.9 Å². The summed E-state index contributed by atoms with van der Waals surface area (Å²) in [4.78, 5) is 68.9. The van der Waals surface area contributed by atoms with Crippen molar-refractivity contribution in [2.75, 3.05) is 62.5 Å². The summed E-state index contributed by atoms with van der Waals surface area (Å²) < 4.78 is 5.87. The van der Waals surface area contributed by atoms with Gasteiger partial charge in [0, 0.05) is 119 Å². The summed E-state index contributed by atoms with van der Waals surface area (Å²) in [5.74, 6) is 0.795. The van der Waals surface area contributed by atoms with E-state index in [4.69, 9.17) is 37.9 Å². The zero-order valence-electron chi connectivity index (χ0n) is 50.7. The molecule has 0 bridgehead atoms. The number of amides is 3. The van der Waals surface area contributed by atoms with Gasteiger partial charge in [0.25, 0.3) is 0 Å². The van der Waals surface area contributed by atoms with Crippen molar-refractivity contribution >= 4 is 86.2 Å². The van der Waals surface area contributed by atoms with Gasteiger partial charge in [-0.25, -0.2) is 24.7 Å². The SMILES string of the molecule is CN(C)C/C=C/C(=O)Nc1ccc(CN(C(=O)OC(C)(C)C)[C@H]2CCC[C@@H](Nc3ncc(Cl)c(-c4c[nH]c5ccccc45)n3)C2)cc1.CN(C)C/C=C/C(=O)Nc1ccc(CN[C@H]2CCC[C@@H](Nc3ncc(Cl)c(-c4c[nH]c5ccccc45)n3)C2)cc1. The van der Waals surface area contributed by atoms with E-state index in [2.05, 4.69) is 64.7 Å². The number of carbonyl (C=O) groups is 3. The number of nitrogens with one attached hydrogen (secondary N) is 7. The molecule has 8 aromatic rings. The number of likely N-dealkylation sites (N-methyl/N-ethyl adjacent to an activating group) is 2. The van der Waals surface area contributed by atoms with Crippen molar-refractivity contribution in [3.63, 3.8) is 0 Å². The maximum Gasteiger partial charge on any atom is 0.410 e. The van der Waals surface area contributed by atoms with E-state index in [1.165, 1.54) is 11.6 Å². The summed E-state index contributed by atoms with van der Waals surface area (Å²) in [6.07, 6.45) is 21.3. The third-order valence-corrected chi connectivity index (χ3v) is 15.7. The Balaban J connectivity index is 0.000000210. The normalized spacial score (nSPS) is 17.1. The van der Waals surface area contributed by atoms with Gasteiger partial charge in [-0.1, -0.05) is 96.0 Å². The second-order valence-corrected chi connectivity index (χ2v) is 24.6. The van der Waals surface area contributed by atoms with Gasteiger partial charge < -0.3 is 56.0 Å². The lowest BCUT2D eigenvalue weighted by Crippen LogP contribution is -2.46. The Bertz CT molecular complexity index is 3650. The molecule has 0 spiro atoms. The molecule has 2 saturated carbocycles. The molecule has 87 heavy (non-hydrogen) atoms. The average Bonchev–Trinajstić information content (AvgIpc) is 2.56. The third-order valence-electron chi connectivity index (χ3n) is 15.1. The van der Waals surface area contributed by atoms with Crippen molar-refractivity contribution in [3.05, 3.63) is 167 Å². The Morgan fingerprint density at radius 1 is 0.621 bits per heavy atom. The van der Waals surface area contributed by atoms with E-state index in [1.54, 1.807) is 18.5 Å². The van der Waals surface area contributed by atoms with Crippen LogP contribution in [0.5, 0.6) is 0 Å². The standard InChI is InChI=1S/C36H44ClN7O3.C31H36ClN7O/c1-36(2,3)47-35(46)44(23-24-15-17-25(18-16-24)40-32(45)14-9-19-43(4)5)27-11-8-10-26(20-27)41-34-39-22-30(37)33(42-34)29-21-38-31-13-7-6-12-28(29)31;1-39(2)16-6-11-29(40)36-22-14-12-21(13-15-22)18-33-23-7-5-8-24(17-23)37-31-35-20-27(32)30(38-31)26-19-34-28-10-4-3-9-25(26)28/h6-7,9,12-18,21-22,26-27,38H,8,10-11,19-20,23H2,1-5H3,(H,40,45)(H,39,41,42);3-4,6,9-15,19-20,23-24,33-34H,5,7-8,16-18H2,1-2H3,(H,36,40)(H,35,37,38)/b14-9+;11-6+/t26-,27+;23-,24+/m10/s1. The molecule has 4 aromatic carbocycles.